The molecule has 1 aromatic heterocycles. The lowest BCUT2D eigenvalue weighted by Crippen LogP contribution is -2.16. The Labute approximate surface area is 214 Å². The molecule has 2 N–H and O–H groups in total. The van der Waals surface area contributed by atoms with Gasteiger partial charge in [-0.15, -0.1) is 11.3 Å². The summed E-state index contributed by atoms with van der Waals surface area (Å²) in [4.78, 5) is 16.0. The first-order chi connectivity index (χ1) is 17.1. The number of benzene rings is 2. The second-order valence-corrected chi connectivity index (χ2v) is 11.9. The van der Waals surface area contributed by atoms with Gasteiger partial charge in [0, 0.05) is 16.5 Å². The van der Waals surface area contributed by atoms with Crippen molar-refractivity contribution in [1.82, 2.24) is 4.98 Å². The fourth-order valence-corrected chi connectivity index (χ4v) is 7.18. The van der Waals surface area contributed by atoms with Gasteiger partial charge in [-0.25, -0.2) is 14.2 Å². The first kappa shape index (κ1) is 26.1. The van der Waals surface area contributed by atoms with Gasteiger partial charge in [-0.1, -0.05) is 37.6 Å². The van der Waals surface area contributed by atoms with Crippen LogP contribution >= 0.6 is 11.3 Å². The number of nitrogens with zero attached hydrogens (tertiary/aromatic N) is 1. The summed E-state index contributed by atoms with van der Waals surface area (Å²) in [7, 11) is -2.95. The average molecular weight is 533 g/mol. The molecule has 0 saturated heterocycles. The molecule has 0 bridgehead atoms. The van der Waals surface area contributed by atoms with E-state index in [2.05, 4.69) is 28.8 Å². The number of ether oxygens (including phenoxy) is 1. The highest BCUT2D eigenvalue weighted by Gasteiger charge is 2.26. The third kappa shape index (κ3) is 5.39. The van der Waals surface area contributed by atoms with Crippen molar-refractivity contribution in [2.75, 3.05) is 11.8 Å². The van der Waals surface area contributed by atoms with E-state index >= 15 is 0 Å². The van der Waals surface area contributed by atoms with Crippen molar-refractivity contribution < 1.29 is 27.4 Å². The quantitative estimate of drug-likeness (QED) is 0.345. The molecule has 1 heterocycles. The zero-order chi connectivity index (χ0) is 26.0. The average Bonchev–Trinajstić information content (AvgIpc) is 3.26. The Balaban J connectivity index is 1.56. The van der Waals surface area contributed by atoms with Crippen LogP contribution in [0.3, 0.4) is 0 Å². The number of carbonyl (C=O) groups is 1. The maximum absolute atomic E-state index is 14.2. The molecule has 10 heteroatoms. The fourth-order valence-electron chi connectivity index (χ4n) is 4.72. The van der Waals surface area contributed by atoms with E-state index in [9.17, 15) is 17.6 Å². The number of aryl methyl sites for hydroxylation is 1. The zero-order valence-corrected chi connectivity index (χ0v) is 22.0. The highest BCUT2D eigenvalue weighted by Crippen LogP contribution is 2.38. The van der Waals surface area contributed by atoms with E-state index < -0.39 is 27.4 Å². The van der Waals surface area contributed by atoms with E-state index in [4.69, 9.17) is 9.84 Å². The van der Waals surface area contributed by atoms with Crippen molar-refractivity contribution in [1.29, 1.82) is 0 Å². The molecule has 1 fully saturated rings. The smallest absolute Gasteiger partial charge is 0.338 e. The Morgan fingerprint density at radius 2 is 1.86 bits per heavy atom. The lowest BCUT2D eigenvalue weighted by Gasteiger charge is -2.28. The predicted octanol–water partition coefficient (Wildman–Crippen LogP) is 6.45. The van der Waals surface area contributed by atoms with Gasteiger partial charge in [0.2, 0.25) is 0 Å². The molecule has 192 valence electrons. The summed E-state index contributed by atoms with van der Waals surface area (Å²) in [5.41, 5.74) is 1.29. The van der Waals surface area contributed by atoms with E-state index in [0.29, 0.717) is 15.8 Å². The van der Waals surface area contributed by atoms with Crippen LogP contribution in [-0.4, -0.2) is 31.6 Å². The van der Waals surface area contributed by atoms with Gasteiger partial charge >= 0.3 is 5.97 Å². The molecule has 7 nitrogen and oxygen atoms in total. The van der Waals surface area contributed by atoms with E-state index in [1.54, 1.807) is 6.92 Å². The molecule has 0 amide bonds. The van der Waals surface area contributed by atoms with Crippen LogP contribution < -0.4 is 9.46 Å². The molecular formula is C26H29FN2O5S2. The number of nitrogens with one attached hydrogen (secondary N) is 1. The molecule has 0 radical (unpaired) electrons. The van der Waals surface area contributed by atoms with E-state index in [1.165, 1.54) is 56.1 Å². The van der Waals surface area contributed by atoms with Gasteiger partial charge in [-0.3, -0.25) is 4.72 Å². The highest BCUT2D eigenvalue weighted by atomic mass is 32.2. The summed E-state index contributed by atoms with van der Waals surface area (Å²) in [6.45, 7) is 3.91. The first-order valence-corrected chi connectivity index (χ1v) is 14.1. The van der Waals surface area contributed by atoms with Crippen molar-refractivity contribution in [2.45, 2.75) is 56.9 Å². The highest BCUT2D eigenvalue weighted by molar-refractivity contribution is 7.92. The molecule has 1 aliphatic rings. The molecule has 0 unspecified atom stereocenters. The van der Waals surface area contributed by atoms with Gasteiger partial charge in [-0.2, -0.15) is 8.42 Å². The maximum Gasteiger partial charge on any atom is 0.338 e. The largest absolute Gasteiger partial charge is 0.495 e. The van der Waals surface area contributed by atoms with Crippen molar-refractivity contribution in [2.24, 2.45) is 5.92 Å². The lowest BCUT2D eigenvalue weighted by molar-refractivity contribution is 0.0691. The molecular weight excluding hydrogens is 503 g/mol. The molecule has 1 saturated carbocycles. The number of hydrogen-bond acceptors (Lipinski definition) is 6. The van der Waals surface area contributed by atoms with E-state index in [1.807, 2.05) is 12.1 Å². The summed E-state index contributed by atoms with van der Waals surface area (Å²) >= 11 is 1.26. The summed E-state index contributed by atoms with van der Waals surface area (Å²) in [6, 6.07) is 9.89. The fraction of sp³-hybridized carbons (Fsp3) is 0.385. The van der Waals surface area contributed by atoms with Gasteiger partial charge in [0.05, 0.1) is 18.4 Å². The Morgan fingerprint density at radius 1 is 1.19 bits per heavy atom. The number of carboxylic acids is 1. The van der Waals surface area contributed by atoms with Crippen molar-refractivity contribution in [3.05, 3.63) is 58.2 Å². The Kier molecular flexibility index (Phi) is 7.65. The van der Waals surface area contributed by atoms with Crippen LogP contribution in [0, 0.1) is 18.7 Å². The number of aromatic carboxylic acids is 1. The molecule has 4 rings (SSSR count). The number of sulfonamides is 1. The Morgan fingerprint density at radius 3 is 2.44 bits per heavy atom. The van der Waals surface area contributed by atoms with Gasteiger partial charge in [-0.05, 0) is 56.1 Å². The van der Waals surface area contributed by atoms with E-state index in [-0.39, 0.29) is 16.5 Å². The molecule has 36 heavy (non-hydrogen) atoms. The Bertz CT molecular complexity index is 1360. The normalized spacial score (nSPS) is 18.1. The number of thiazole rings is 1. The second kappa shape index (κ2) is 10.6. The molecule has 0 spiro atoms. The molecule has 0 aliphatic heterocycles. The zero-order valence-electron chi connectivity index (χ0n) is 20.4. The van der Waals surface area contributed by atoms with Crippen LogP contribution in [0.15, 0.2) is 41.4 Å². The molecule has 1 aliphatic carbocycles. The van der Waals surface area contributed by atoms with Crippen molar-refractivity contribution >= 4 is 33.0 Å². The minimum atomic E-state index is -4.19. The third-order valence-corrected chi connectivity index (χ3v) is 9.37. The number of anilines is 1. The first-order valence-electron chi connectivity index (χ1n) is 11.8. The predicted molar refractivity (Wildman–Crippen MR) is 138 cm³/mol. The summed E-state index contributed by atoms with van der Waals surface area (Å²) in [5.74, 6) is -1.30. The van der Waals surface area contributed by atoms with Crippen LogP contribution in [0.4, 0.5) is 10.1 Å². The Hall–Kier alpha value is -2.98. The van der Waals surface area contributed by atoms with Crippen LogP contribution in [0.2, 0.25) is 0 Å². The second-order valence-electron chi connectivity index (χ2n) is 9.07. The number of aromatic nitrogens is 1. The number of rotatable bonds is 8. The van der Waals surface area contributed by atoms with E-state index in [0.717, 1.165) is 23.6 Å². The summed E-state index contributed by atoms with van der Waals surface area (Å²) in [5, 5.41) is 9.49. The molecule has 2 aromatic carbocycles. The minimum Gasteiger partial charge on any atom is -0.495 e. The summed E-state index contributed by atoms with van der Waals surface area (Å²) in [6.07, 6.45) is 6.15. The topological polar surface area (TPSA) is 106 Å². The van der Waals surface area contributed by atoms with Crippen LogP contribution in [0.25, 0.3) is 10.6 Å². The SMILES string of the molecule is CCC1CCC(c2ccc(-c3nc(S(=O)(=O)Nc4cc(F)c(C(=O)O)cc4OC)c(C)s3)cc2)CC1. The van der Waals surface area contributed by atoms with Gasteiger partial charge < -0.3 is 9.84 Å². The standard InChI is InChI=1S/C26H29FN2O5S2/c1-4-16-5-7-17(8-6-16)18-9-11-19(12-10-18)24-28-25(15(2)35-24)36(32,33)29-22-14-21(27)20(26(30)31)13-23(22)34-3/h9-14,16-17,29H,4-8H2,1-3H3,(H,30,31). The van der Waals surface area contributed by atoms with Gasteiger partial charge in [0.1, 0.15) is 16.6 Å². The van der Waals surface area contributed by atoms with Gasteiger partial charge in [0.15, 0.2) is 5.03 Å². The van der Waals surface area contributed by atoms with Crippen LogP contribution in [0.1, 0.15) is 65.7 Å². The van der Waals surface area contributed by atoms with Crippen LogP contribution in [0.5, 0.6) is 5.75 Å². The maximum atomic E-state index is 14.2. The monoisotopic (exact) mass is 532 g/mol. The number of carboxylic acid groups (broad SMARTS) is 1. The number of hydrogen-bond donors (Lipinski definition) is 2. The van der Waals surface area contributed by atoms with Crippen molar-refractivity contribution in [3.63, 3.8) is 0 Å². The molecule has 0 atom stereocenters. The van der Waals surface area contributed by atoms with Crippen LogP contribution in [-0.2, 0) is 10.0 Å². The number of halogens is 1. The minimum absolute atomic E-state index is 0.117. The van der Waals surface area contributed by atoms with Crippen molar-refractivity contribution in [3.8, 4) is 16.3 Å². The summed E-state index contributed by atoms with van der Waals surface area (Å²) < 4.78 is 47.8. The number of methoxy groups -OCH3 is 1. The van der Waals surface area contributed by atoms with Gasteiger partial charge in [0.25, 0.3) is 10.0 Å². The lowest BCUT2D eigenvalue weighted by atomic mass is 9.78. The molecule has 3 aromatic rings. The third-order valence-electron chi connectivity index (χ3n) is 6.83.